The summed E-state index contributed by atoms with van der Waals surface area (Å²) >= 11 is 0. The van der Waals surface area contributed by atoms with Gasteiger partial charge in [-0.15, -0.1) is 0 Å². The average Bonchev–Trinajstić information content (AvgIpc) is 2.30. The van der Waals surface area contributed by atoms with E-state index in [0.717, 1.165) is 5.56 Å². The Morgan fingerprint density at radius 2 is 2.38 bits per heavy atom. The number of hydrogen-bond donors (Lipinski definition) is 2. The third-order valence-corrected chi connectivity index (χ3v) is 2.36. The lowest BCUT2D eigenvalue weighted by molar-refractivity contribution is -0.120. The quantitative estimate of drug-likeness (QED) is 0.760. The molecule has 0 aromatic carbocycles. The highest BCUT2D eigenvalue weighted by Gasteiger charge is 2.05. The summed E-state index contributed by atoms with van der Waals surface area (Å²) < 4.78 is 0. The largest absolute Gasteiger partial charge is 0.356 e. The van der Waals surface area contributed by atoms with E-state index in [4.69, 9.17) is 0 Å². The Morgan fingerprint density at radius 1 is 1.56 bits per heavy atom. The van der Waals surface area contributed by atoms with Crippen molar-refractivity contribution in [3.8, 4) is 0 Å². The fraction of sp³-hybridized carbons (Fsp3) is 0.500. The maximum absolute atomic E-state index is 11.2. The summed E-state index contributed by atoms with van der Waals surface area (Å²) in [4.78, 5) is 15.3. The molecule has 0 saturated carbocycles. The van der Waals surface area contributed by atoms with Crippen molar-refractivity contribution in [2.24, 2.45) is 0 Å². The van der Waals surface area contributed by atoms with Gasteiger partial charge in [0, 0.05) is 37.9 Å². The van der Waals surface area contributed by atoms with Crippen LogP contribution in [0.5, 0.6) is 0 Å². The molecule has 0 saturated heterocycles. The summed E-state index contributed by atoms with van der Waals surface area (Å²) in [6.07, 6.45) is 4.10. The number of hydrogen-bond acceptors (Lipinski definition) is 3. The molecule has 1 atom stereocenters. The first-order chi connectivity index (χ1) is 7.74. The number of nitrogens with one attached hydrogen (secondary N) is 2. The van der Waals surface area contributed by atoms with Gasteiger partial charge in [0.2, 0.25) is 5.91 Å². The van der Waals surface area contributed by atoms with Gasteiger partial charge in [-0.1, -0.05) is 6.07 Å². The summed E-state index contributed by atoms with van der Waals surface area (Å²) in [6, 6.07) is 4.16. The van der Waals surface area contributed by atoms with E-state index in [0.29, 0.717) is 19.5 Å². The van der Waals surface area contributed by atoms with E-state index in [1.54, 1.807) is 6.20 Å². The number of amides is 1. The first-order valence-electron chi connectivity index (χ1n) is 5.64. The van der Waals surface area contributed by atoms with Crippen LogP contribution in [0.2, 0.25) is 0 Å². The standard InChI is InChI=1S/C12H19N3O/c1-3-14-12(16)6-8-15-10(2)11-5-4-7-13-9-11/h4-5,7,9-10,15H,3,6,8H2,1-2H3,(H,14,16)/t10-/m1/s1. The Kier molecular flexibility index (Phi) is 5.50. The van der Waals surface area contributed by atoms with Gasteiger partial charge in [0.1, 0.15) is 0 Å². The topological polar surface area (TPSA) is 54.0 Å². The third kappa shape index (κ3) is 4.40. The van der Waals surface area contributed by atoms with Crippen LogP contribution in [0.15, 0.2) is 24.5 Å². The Hall–Kier alpha value is -1.42. The Labute approximate surface area is 96.5 Å². The molecule has 0 aliphatic carbocycles. The fourth-order valence-electron chi connectivity index (χ4n) is 1.44. The molecule has 1 rings (SSSR count). The number of pyridine rings is 1. The van der Waals surface area contributed by atoms with E-state index in [9.17, 15) is 4.79 Å². The van der Waals surface area contributed by atoms with E-state index in [1.165, 1.54) is 0 Å². The molecule has 0 aliphatic heterocycles. The van der Waals surface area contributed by atoms with Crippen molar-refractivity contribution in [1.82, 2.24) is 15.6 Å². The summed E-state index contributed by atoms with van der Waals surface area (Å²) in [7, 11) is 0. The van der Waals surface area contributed by atoms with E-state index in [1.807, 2.05) is 25.3 Å². The molecule has 0 unspecified atom stereocenters. The van der Waals surface area contributed by atoms with Gasteiger partial charge >= 0.3 is 0 Å². The van der Waals surface area contributed by atoms with Gasteiger partial charge in [0.05, 0.1) is 0 Å². The first-order valence-corrected chi connectivity index (χ1v) is 5.64. The zero-order valence-electron chi connectivity index (χ0n) is 9.86. The third-order valence-electron chi connectivity index (χ3n) is 2.36. The summed E-state index contributed by atoms with van der Waals surface area (Å²) in [5.74, 6) is 0.0911. The van der Waals surface area contributed by atoms with Crippen LogP contribution in [0.3, 0.4) is 0 Å². The van der Waals surface area contributed by atoms with Crippen LogP contribution in [0.1, 0.15) is 31.9 Å². The van der Waals surface area contributed by atoms with Gasteiger partial charge < -0.3 is 10.6 Å². The van der Waals surface area contributed by atoms with Gasteiger partial charge in [-0.25, -0.2) is 0 Å². The highest BCUT2D eigenvalue weighted by atomic mass is 16.1. The van der Waals surface area contributed by atoms with Crippen molar-refractivity contribution in [1.29, 1.82) is 0 Å². The number of carbonyl (C=O) groups is 1. The van der Waals surface area contributed by atoms with Crippen molar-refractivity contribution in [2.45, 2.75) is 26.3 Å². The SMILES string of the molecule is CCNC(=O)CCN[C@H](C)c1cccnc1. The Balaban J connectivity index is 2.26. The zero-order chi connectivity index (χ0) is 11.8. The van der Waals surface area contributed by atoms with E-state index in [2.05, 4.69) is 22.5 Å². The number of nitrogens with zero attached hydrogens (tertiary/aromatic N) is 1. The summed E-state index contributed by atoms with van der Waals surface area (Å²) in [6.45, 7) is 5.36. The second kappa shape index (κ2) is 6.95. The van der Waals surface area contributed by atoms with Crippen LogP contribution in [0.4, 0.5) is 0 Å². The van der Waals surface area contributed by atoms with Gasteiger partial charge in [-0.3, -0.25) is 9.78 Å². The average molecular weight is 221 g/mol. The molecular formula is C12H19N3O. The number of carbonyl (C=O) groups excluding carboxylic acids is 1. The summed E-state index contributed by atoms with van der Waals surface area (Å²) in [5, 5.41) is 6.06. The zero-order valence-corrected chi connectivity index (χ0v) is 9.86. The minimum Gasteiger partial charge on any atom is -0.356 e. The van der Waals surface area contributed by atoms with Crippen LogP contribution in [-0.4, -0.2) is 24.0 Å². The van der Waals surface area contributed by atoms with Crippen LogP contribution in [0, 0.1) is 0 Å². The fourth-order valence-corrected chi connectivity index (χ4v) is 1.44. The van der Waals surface area contributed by atoms with E-state index >= 15 is 0 Å². The molecule has 16 heavy (non-hydrogen) atoms. The molecule has 4 heteroatoms. The minimum absolute atomic E-state index is 0.0911. The van der Waals surface area contributed by atoms with Crippen molar-refractivity contribution >= 4 is 5.91 Å². The highest BCUT2D eigenvalue weighted by molar-refractivity contribution is 5.75. The smallest absolute Gasteiger partial charge is 0.221 e. The lowest BCUT2D eigenvalue weighted by Crippen LogP contribution is -2.28. The molecule has 0 radical (unpaired) electrons. The van der Waals surface area contributed by atoms with E-state index in [-0.39, 0.29) is 11.9 Å². The monoisotopic (exact) mass is 221 g/mol. The molecule has 0 fully saturated rings. The molecule has 1 aromatic rings. The predicted octanol–water partition coefficient (Wildman–Crippen LogP) is 1.26. The van der Waals surface area contributed by atoms with Crippen molar-refractivity contribution in [3.63, 3.8) is 0 Å². The van der Waals surface area contributed by atoms with Crippen LogP contribution >= 0.6 is 0 Å². The molecule has 1 amide bonds. The van der Waals surface area contributed by atoms with Gasteiger partial charge in [-0.2, -0.15) is 0 Å². The Morgan fingerprint density at radius 3 is 3.00 bits per heavy atom. The number of rotatable bonds is 6. The molecule has 2 N–H and O–H groups in total. The predicted molar refractivity (Wildman–Crippen MR) is 64.0 cm³/mol. The number of aromatic nitrogens is 1. The summed E-state index contributed by atoms with van der Waals surface area (Å²) in [5.41, 5.74) is 1.14. The maximum Gasteiger partial charge on any atom is 0.221 e. The van der Waals surface area contributed by atoms with Crippen LogP contribution in [-0.2, 0) is 4.79 Å². The second-order valence-electron chi connectivity index (χ2n) is 3.67. The van der Waals surface area contributed by atoms with Crippen molar-refractivity contribution < 1.29 is 4.79 Å². The Bertz CT molecular complexity index is 313. The lowest BCUT2D eigenvalue weighted by atomic mass is 10.1. The molecule has 4 nitrogen and oxygen atoms in total. The molecule has 0 spiro atoms. The lowest BCUT2D eigenvalue weighted by Gasteiger charge is -2.13. The maximum atomic E-state index is 11.2. The van der Waals surface area contributed by atoms with Gasteiger partial charge in [0.15, 0.2) is 0 Å². The molecular weight excluding hydrogens is 202 g/mol. The molecule has 88 valence electrons. The molecule has 0 bridgehead atoms. The second-order valence-corrected chi connectivity index (χ2v) is 3.67. The van der Waals surface area contributed by atoms with Gasteiger partial charge in [-0.05, 0) is 25.5 Å². The normalized spacial score (nSPS) is 12.1. The molecule has 0 aliphatic rings. The van der Waals surface area contributed by atoms with Crippen molar-refractivity contribution in [3.05, 3.63) is 30.1 Å². The van der Waals surface area contributed by atoms with Crippen LogP contribution < -0.4 is 10.6 Å². The van der Waals surface area contributed by atoms with Crippen LogP contribution in [0.25, 0.3) is 0 Å². The van der Waals surface area contributed by atoms with E-state index < -0.39 is 0 Å². The molecule has 1 aromatic heterocycles. The first kappa shape index (κ1) is 12.6. The highest BCUT2D eigenvalue weighted by Crippen LogP contribution is 2.08. The van der Waals surface area contributed by atoms with Crippen molar-refractivity contribution in [2.75, 3.05) is 13.1 Å². The molecule has 1 heterocycles. The minimum atomic E-state index is 0.0911. The van der Waals surface area contributed by atoms with Gasteiger partial charge in [0.25, 0.3) is 0 Å².